The van der Waals surface area contributed by atoms with Crippen LogP contribution in [-0.4, -0.2) is 15.7 Å². The molecule has 0 saturated heterocycles. The van der Waals surface area contributed by atoms with E-state index in [0.29, 0.717) is 5.69 Å². The summed E-state index contributed by atoms with van der Waals surface area (Å²) in [5.74, 6) is 0. The van der Waals surface area contributed by atoms with Gasteiger partial charge in [-0.1, -0.05) is 0 Å². The van der Waals surface area contributed by atoms with Crippen molar-refractivity contribution in [2.75, 3.05) is 0 Å². The minimum absolute atomic E-state index is 0.450. The molecule has 0 aliphatic heterocycles. The maximum Gasteiger partial charge on any atom is 0.170 e. The van der Waals surface area contributed by atoms with Gasteiger partial charge in [-0.15, -0.1) is 0 Å². The van der Waals surface area contributed by atoms with Gasteiger partial charge >= 0.3 is 0 Å². The van der Waals surface area contributed by atoms with Crippen LogP contribution in [0.1, 0.15) is 16.1 Å². The summed E-state index contributed by atoms with van der Waals surface area (Å²) in [6.07, 6.45) is 4.38. The molecule has 0 fully saturated rings. The zero-order valence-corrected chi connectivity index (χ0v) is 8.58. The van der Waals surface area contributed by atoms with Gasteiger partial charge in [0, 0.05) is 12.4 Å². The van der Waals surface area contributed by atoms with Crippen molar-refractivity contribution in [3.05, 3.63) is 34.2 Å². The number of imidazole rings is 1. The monoisotopic (exact) mass is 238 g/mol. The lowest BCUT2D eigenvalue weighted by Crippen LogP contribution is -1.85. The number of fused-ring (bicyclic) bond motifs is 1. The molecule has 66 valence electrons. The van der Waals surface area contributed by atoms with Crippen molar-refractivity contribution >= 4 is 27.9 Å². The van der Waals surface area contributed by atoms with Crippen molar-refractivity contribution in [3.63, 3.8) is 0 Å². The van der Waals surface area contributed by atoms with Crippen LogP contribution >= 0.6 is 15.9 Å². The van der Waals surface area contributed by atoms with Gasteiger partial charge in [0.05, 0.1) is 4.47 Å². The molecule has 4 heteroatoms. The number of pyridine rings is 1. The lowest BCUT2D eigenvalue weighted by molar-refractivity contribution is 0.111. The summed E-state index contributed by atoms with van der Waals surface area (Å²) in [4.78, 5) is 14.6. The van der Waals surface area contributed by atoms with Crippen molar-refractivity contribution < 1.29 is 4.79 Å². The van der Waals surface area contributed by atoms with Crippen LogP contribution in [0.15, 0.2) is 22.9 Å². The van der Waals surface area contributed by atoms with Crippen LogP contribution in [0, 0.1) is 6.92 Å². The Bertz CT molecular complexity index is 476. The van der Waals surface area contributed by atoms with Gasteiger partial charge in [0.1, 0.15) is 5.69 Å². The molecule has 0 radical (unpaired) electrons. The van der Waals surface area contributed by atoms with Gasteiger partial charge in [0.25, 0.3) is 0 Å². The summed E-state index contributed by atoms with van der Waals surface area (Å²) in [5.41, 5.74) is 2.34. The highest BCUT2D eigenvalue weighted by Gasteiger charge is 2.04. The van der Waals surface area contributed by atoms with E-state index in [1.165, 1.54) is 0 Å². The number of aromatic nitrogens is 2. The first-order chi connectivity index (χ1) is 6.20. The molecule has 2 aromatic rings. The average Bonchev–Trinajstić information content (AvgIpc) is 2.47. The van der Waals surface area contributed by atoms with E-state index in [1.807, 2.05) is 23.6 Å². The first-order valence-electron chi connectivity index (χ1n) is 3.81. The van der Waals surface area contributed by atoms with Crippen molar-refractivity contribution in [2.45, 2.75) is 6.92 Å². The van der Waals surface area contributed by atoms with E-state index in [4.69, 9.17) is 0 Å². The zero-order chi connectivity index (χ0) is 9.42. The van der Waals surface area contributed by atoms with E-state index < -0.39 is 0 Å². The first kappa shape index (κ1) is 8.44. The molecule has 0 unspecified atom stereocenters. The first-order valence-corrected chi connectivity index (χ1v) is 4.60. The topological polar surface area (TPSA) is 34.4 Å². The summed E-state index contributed by atoms with van der Waals surface area (Å²) < 4.78 is 2.74. The molecule has 0 aliphatic carbocycles. The highest BCUT2D eigenvalue weighted by atomic mass is 79.9. The van der Waals surface area contributed by atoms with Gasteiger partial charge in [-0.3, -0.25) is 4.79 Å². The largest absolute Gasteiger partial charge is 0.305 e. The number of rotatable bonds is 1. The second kappa shape index (κ2) is 2.96. The molecule has 2 rings (SSSR count). The second-order valence-electron chi connectivity index (χ2n) is 2.88. The molecule has 0 aromatic carbocycles. The van der Waals surface area contributed by atoms with E-state index in [9.17, 15) is 4.79 Å². The highest BCUT2D eigenvalue weighted by molar-refractivity contribution is 9.10. The molecule has 0 spiro atoms. The van der Waals surface area contributed by atoms with Gasteiger partial charge in [0.2, 0.25) is 0 Å². The number of aldehydes is 1. The highest BCUT2D eigenvalue weighted by Crippen LogP contribution is 2.18. The summed E-state index contributed by atoms with van der Waals surface area (Å²) in [6, 6.07) is 1.97. The molecule has 0 N–H and O–H groups in total. The van der Waals surface area contributed by atoms with E-state index >= 15 is 0 Å². The summed E-state index contributed by atoms with van der Waals surface area (Å²) >= 11 is 3.39. The molecule has 0 atom stereocenters. The molecule has 3 nitrogen and oxygen atoms in total. The Morgan fingerprint density at radius 3 is 3.00 bits per heavy atom. The number of hydrogen-bond acceptors (Lipinski definition) is 2. The van der Waals surface area contributed by atoms with Crippen molar-refractivity contribution in [1.82, 2.24) is 9.38 Å². The zero-order valence-electron chi connectivity index (χ0n) is 6.99. The maximum absolute atomic E-state index is 10.5. The van der Waals surface area contributed by atoms with Crippen LogP contribution in [0.5, 0.6) is 0 Å². The summed E-state index contributed by atoms with van der Waals surface area (Å²) in [7, 11) is 0. The third kappa shape index (κ3) is 1.37. The Labute approximate surface area is 83.5 Å². The fourth-order valence-electron chi connectivity index (χ4n) is 1.27. The fraction of sp³-hybridized carbons (Fsp3) is 0.111. The van der Waals surface area contributed by atoms with Crippen LogP contribution < -0.4 is 0 Å². The van der Waals surface area contributed by atoms with E-state index in [2.05, 4.69) is 20.9 Å². The third-order valence-electron chi connectivity index (χ3n) is 1.78. The smallest absolute Gasteiger partial charge is 0.170 e. The maximum atomic E-state index is 10.5. The molecule has 13 heavy (non-hydrogen) atoms. The Hall–Kier alpha value is -1.16. The lowest BCUT2D eigenvalue weighted by atomic mass is 10.3. The van der Waals surface area contributed by atoms with Gasteiger partial charge < -0.3 is 4.40 Å². The Morgan fingerprint density at radius 1 is 1.54 bits per heavy atom. The minimum atomic E-state index is 0.450. The quantitative estimate of drug-likeness (QED) is 0.715. The fourth-order valence-corrected chi connectivity index (χ4v) is 1.92. The van der Waals surface area contributed by atoms with Crippen LogP contribution in [0.25, 0.3) is 5.65 Å². The van der Waals surface area contributed by atoms with Crippen molar-refractivity contribution in [3.8, 4) is 0 Å². The number of hydrogen-bond donors (Lipinski definition) is 0. The average molecular weight is 239 g/mol. The van der Waals surface area contributed by atoms with Gasteiger partial charge in [-0.25, -0.2) is 4.98 Å². The number of halogens is 1. The number of aryl methyl sites for hydroxylation is 1. The molecule has 0 aliphatic rings. The van der Waals surface area contributed by atoms with Gasteiger partial charge in [-0.2, -0.15) is 0 Å². The predicted molar refractivity (Wildman–Crippen MR) is 53.0 cm³/mol. The van der Waals surface area contributed by atoms with Gasteiger partial charge in [-0.05, 0) is 34.5 Å². The van der Waals surface area contributed by atoms with Crippen molar-refractivity contribution in [1.29, 1.82) is 0 Å². The number of nitrogens with zero attached hydrogens (tertiary/aromatic N) is 2. The van der Waals surface area contributed by atoms with E-state index in [-0.39, 0.29) is 0 Å². The molecule has 0 bridgehead atoms. The molecule has 0 saturated carbocycles. The Morgan fingerprint density at radius 2 is 2.31 bits per heavy atom. The summed E-state index contributed by atoms with van der Waals surface area (Å²) in [5, 5.41) is 0. The number of carbonyl (C=O) groups is 1. The van der Waals surface area contributed by atoms with E-state index in [1.54, 1.807) is 6.20 Å². The summed E-state index contributed by atoms with van der Waals surface area (Å²) in [6.45, 7) is 1.99. The molecule has 2 aromatic heterocycles. The van der Waals surface area contributed by atoms with Crippen LogP contribution in [0.3, 0.4) is 0 Å². The number of carbonyl (C=O) groups excluding carboxylic acids is 1. The molecular weight excluding hydrogens is 232 g/mol. The lowest BCUT2D eigenvalue weighted by Gasteiger charge is -1.97. The van der Waals surface area contributed by atoms with Crippen LogP contribution in [0.2, 0.25) is 0 Å². The Kier molecular flexibility index (Phi) is 1.92. The second-order valence-corrected chi connectivity index (χ2v) is 3.73. The predicted octanol–water partition coefficient (Wildman–Crippen LogP) is 2.22. The van der Waals surface area contributed by atoms with Crippen molar-refractivity contribution in [2.24, 2.45) is 0 Å². The molecule has 2 heterocycles. The van der Waals surface area contributed by atoms with Gasteiger partial charge in [0.15, 0.2) is 11.9 Å². The van der Waals surface area contributed by atoms with E-state index in [0.717, 1.165) is 22.0 Å². The minimum Gasteiger partial charge on any atom is -0.305 e. The molecule has 0 amide bonds. The van der Waals surface area contributed by atoms with Crippen LogP contribution in [0.4, 0.5) is 0 Å². The molecular formula is C9H7BrN2O. The van der Waals surface area contributed by atoms with Crippen LogP contribution in [-0.2, 0) is 0 Å². The Balaban J connectivity index is 2.82. The normalized spacial score (nSPS) is 10.6. The third-order valence-corrected chi connectivity index (χ3v) is 2.37. The SMILES string of the molecule is Cc1cc(Br)c2nc(C=O)cn2c1. The standard InChI is InChI=1S/C9H7BrN2O/c1-6-2-8(10)9-11-7(5-13)4-12(9)3-6/h2-5H,1H3.